The zero-order valence-corrected chi connectivity index (χ0v) is 12.7. The third-order valence-electron chi connectivity index (χ3n) is 4.26. The van der Waals surface area contributed by atoms with Crippen molar-refractivity contribution in [3.05, 3.63) is 0 Å². The molecule has 0 radical (unpaired) electrons. The van der Waals surface area contributed by atoms with Crippen LogP contribution in [0.4, 0.5) is 13.2 Å². The number of rotatable bonds is 6. The van der Waals surface area contributed by atoms with Gasteiger partial charge in [-0.25, -0.2) is 0 Å². The topological polar surface area (TPSA) is 27.7 Å². The number of hydrogen-bond acceptors (Lipinski definition) is 4. The van der Waals surface area contributed by atoms with E-state index in [1.165, 1.54) is 4.90 Å². The molecule has 0 aromatic carbocycles. The first-order chi connectivity index (χ1) is 9.96. The van der Waals surface area contributed by atoms with Gasteiger partial charge in [-0.3, -0.25) is 9.80 Å². The Kier molecular flexibility index (Phi) is 6.28. The molecule has 0 unspecified atom stereocenters. The lowest BCUT2D eigenvalue weighted by atomic mass is 10.0. The van der Waals surface area contributed by atoms with E-state index < -0.39 is 12.7 Å². The number of nitrogens with zero attached hydrogens (tertiary/aromatic N) is 2. The lowest BCUT2D eigenvalue weighted by molar-refractivity contribution is -0.143. The fourth-order valence-corrected chi connectivity index (χ4v) is 3.31. The molecule has 2 rings (SSSR count). The van der Waals surface area contributed by atoms with Crippen LogP contribution in [0, 0.1) is 0 Å². The molecule has 2 atom stereocenters. The first-order valence-electron chi connectivity index (χ1n) is 7.73. The summed E-state index contributed by atoms with van der Waals surface area (Å²) in [5, 5.41) is 3.55. The third-order valence-corrected chi connectivity index (χ3v) is 4.26. The first kappa shape index (κ1) is 17.0. The summed E-state index contributed by atoms with van der Waals surface area (Å²) in [6, 6.07) is 0.589. The largest absolute Gasteiger partial charge is 0.401 e. The van der Waals surface area contributed by atoms with E-state index in [1.807, 2.05) is 0 Å². The summed E-state index contributed by atoms with van der Waals surface area (Å²) >= 11 is 0. The van der Waals surface area contributed by atoms with Gasteiger partial charge in [0.25, 0.3) is 0 Å². The number of nitrogens with one attached hydrogen (secondary N) is 1. The molecular weight excluding hydrogens is 283 g/mol. The highest BCUT2D eigenvalue weighted by molar-refractivity contribution is 4.87. The van der Waals surface area contributed by atoms with Crippen LogP contribution in [0.2, 0.25) is 0 Å². The van der Waals surface area contributed by atoms with Gasteiger partial charge in [0.05, 0.1) is 13.2 Å². The molecule has 2 aliphatic rings. The quantitative estimate of drug-likeness (QED) is 0.801. The second-order valence-corrected chi connectivity index (χ2v) is 6.14. The number of alkyl halides is 3. The van der Waals surface area contributed by atoms with Crippen molar-refractivity contribution in [2.45, 2.75) is 37.5 Å². The van der Waals surface area contributed by atoms with Crippen molar-refractivity contribution in [1.82, 2.24) is 15.1 Å². The van der Waals surface area contributed by atoms with Crippen molar-refractivity contribution < 1.29 is 17.9 Å². The predicted octanol–water partition coefficient (Wildman–Crippen LogP) is 1.32. The van der Waals surface area contributed by atoms with Crippen molar-refractivity contribution in [3.63, 3.8) is 0 Å². The Morgan fingerprint density at radius 1 is 1.10 bits per heavy atom. The van der Waals surface area contributed by atoms with E-state index in [0.29, 0.717) is 19.1 Å². The standard InChI is InChI=1S/C14H26F3N3O/c1-21-8-7-19-5-2-3-12(9-19)18-13-4-6-20(10-13)11-14(15,16)17/h12-13,18H,2-11H2,1H3/t12-,13-/m0/s1. The molecule has 1 N–H and O–H groups in total. The van der Waals surface area contributed by atoms with Gasteiger partial charge >= 0.3 is 6.18 Å². The van der Waals surface area contributed by atoms with Gasteiger partial charge in [0, 0.05) is 45.4 Å². The summed E-state index contributed by atoms with van der Waals surface area (Å²) < 4.78 is 42.2. The van der Waals surface area contributed by atoms with E-state index in [9.17, 15) is 13.2 Å². The van der Waals surface area contributed by atoms with Gasteiger partial charge in [-0.15, -0.1) is 0 Å². The first-order valence-corrected chi connectivity index (χ1v) is 7.73. The van der Waals surface area contributed by atoms with Crippen LogP contribution >= 0.6 is 0 Å². The highest BCUT2D eigenvalue weighted by Gasteiger charge is 2.35. The highest BCUT2D eigenvalue weighted by Crippen LogP contribution is 2.21. The Bertz CT molecular complexity index is 314. The van der Waals surface area contributed by atoms with Gasteiger partial charge in [0.15, 0.2) is 0 Å². The summed E-state index contributed by atoms with van der Waals surface area (Å²) in [6.07, 6.45) is -1.03. The summed E-state index contributed by atoms with van der Waals surface area (Å²) in [4.78, 5) is 3.87. The second-order valence-electron chi connectivity index (χ2n) is 6.14. The lowest BCUT2D eigenvalue weighted by Gasteiger charge is -2.34. The molecule has 2 aliphatic heterocycles. The van der Waals surface area contributed by atoms with E-state index in [1.54, 1.807) is 7.11 Å². The molecule has 7 heteroatoms. The van der Waals surface area contributed by atoms with E-state index in [4.69, 9.17) is 4.74 Å². The molecule has 2 fully saturated rings. The van der Waals surface area contributed by atoms with Crippen molar-refractivity contribution in [2.75, 3.05) is 53.0 Å². The molecule has 0 aromatic rings. The Morgan fingerprint density at radius 3 is 2.52 bits per heavy atom. The van der Waals surface area contributed by atoms with Crippen LogP contribution < -0.4 is 5.32 Å². The molecule has 21 heavy (non-hydrogen) atoms. The fraction of sp³-hybridized carbons (Fsp3) is 1.00. The number of likely N-dealkylation sites (tertiary alicyclic amines) is 2. The van der Waals surface area contributed by atoms with Crippen molar-refractivity contribution >= 4 is 0 Å². The third kappa shape index (κ3) is 6.10. The molecule has 2 heterocycles. The minimum absolute atomic E-state index is 0.194. The highest BCUT2D eigenvalue weighted by atomic mass is 19.4. The average Bonchev–Trinajstić information content (AvgIpc) is 2.81. The van der Waals surface area contributed by atoms with Gasteiger partial charge in [0.2, 0.25) is 0 Å². The number of ether oxygens (including phenoxy) is 1. The van der Waals surface area contributed by atoms with Gasteiger partial charge in [-0.05, 0) is 25.8 Å². The van der Waals surface area contributed by atoms with Crippen LogP contribution in [0.3, 0.4) is 0 Å². The maximum Gasteiger partial charge on any atom is 0.401 e. The Balaban J connectivity index is 1.70. The van der Waals surface area contributed by atoms with Crippen LogP contribution in [0.25, 0.3) is 0 Å². The Morgan fingerprint density at radius 2 is 1.81 bits per heavy atom. The summed E-state index contributed by atoms with van der Waals surface area (Å²) in [7, 11) is 1.70. The zero-order chi connectivity index (χ0) is 15.3. The zero-order valence-electron chi connectivity index (χ0n) is 12.7. The van der Waals surface area contributed by atoms with Crippen LogP contribution in [-0.2, 0) is 4.74 Å². The van der Waals surface area contributed by atoms with Gasteiger partial charge in [-0.1, -0.05) is 0 Å². The number of piperidine rings is 1. The predicted molar refractivity (Wildman–Crippen MR) is 75.4 cm³/mol. The van der Waals surface area contributed by atoms with Crippen LogP contribution in [0.1, 0.15) is 19.3 Å². The normalized spacial score (nSPS) is 29.1. The van der Waals surface area contributed by atoms with Crippen LogP contribution in [0.15, 0.2) is 0 Å². The van der Waals surface area contributed by atoms with Gasteiger partial charge in [0.1, 0.15) is 0 Å². The molecule has 4 nitrogen and oxygen atoms in total. The molecular formula is C14H26F3N3O. The smallest absolute Gasteiger partial charge is 0.383 e. The minimum atomic E-state index is -4.09. The lowest BCUT2D eigenvalue weighted by Crippen LogP contribution is -2.50. The van der Waals surface area contributed by atoms with Crippen LogP contribution in [0.5, 0.6) is 0 Å². The maximum absolute atomic E-state index is 12.4. The number of halogens is 3. The maximum atomic E-state index is 12.4. The van der Waals surface area contributed by atoms with E-state index >= 15 is 0 Å². The summed E-state index contributed by atoms with van der Waals surface area (Å²) in [5.41, 5.74) is 0. The summed E-state index contributed by atoms with van der Waals surface area (Å²) in [6.45, 7) is 3.99. The Labute approximate surface area is 124 Å². The van der Waals surface area contributed by atoms with Crippen LogP contribution in [-0.4, -0.2) is 81.0 Å². The van der Waals surface area contributed by atoms with E-state index in [0.717, 1.165) is 45.5 Å². The molecule has 0 aromatic heterocycles. The molecule has 0 bridgehead atoms. The fourth-order valence-electron chi connectivity index (χ4n) is 3.31. The van der Waals surface area contributed by atoms with Crippen molar-refractivity contribution in [1.29, 1.82) is 0 Å². The monoisotopic (exact) mass is 309 g/mol. The molecule has 0 amide bonds. The van der Waals surface area contributed by atoms with Crippen molar-refractivity contribution in [3.8, 4) is 0 Å². The molecule has 124 valence electrons. The van der Waals surface area contributed by atoms with Gasteiger partial charge < -0.3 is 10.1 Å². The Hall–Kier alpha value is -0.370. The molecule has 0 spiro atoms. The number of hydrogen-bond donors (Lipinski definition) is 1. The summed E-state index contributed by atoms with van der Waals surface area (Å²) in [5.74, 6) is 0. The van der Waals surface area contributed by atoms with Gasteiger partial charge in [-0.2, -0.15) is 13.2 Å². The molecule has 0 aliphatic carbocycles. The van der Waals surface area contributed by atoms with E-state index in [-0.39, 0.29) is 6.04 Å². The SMILES string of the molecule is COCCN1CCC[C@H](N[C@H]2CCN(CC(F)(F)F)C2)C1. The van der Waals surface area contributed by atoms with E-state index in [2.05, 4.69) is 10.2 Å². The average molecular weight is 309 g/mol. The number of methoxy groups -OCH3 is 1. The second kappa shape index (κ2) is 7.76. The minimum Gasteiger partial charge on any atom is -0.383 e. The molecule has 2 saturated heterocycles. The van der Waals surface area contributed by atoms with Crippen molar-refractivity contribution in [2.24, 2.45) is 0 Å². The molecule has 0 saturated carbocycles.